The minimum absolute atomic E-state index is 0.125. The van der Waals surface area contributed by atoms with E-state index in [1.165, 1.54) is 10.5 Å². The van der Waals surface area contributed by atoms with Crippen molar-refractivity contribution >= 4 is 18.0 Å². The summed E-state index contributed by atoms with van der Waals surface area (Å²) in [5.41, 5.74) is 1.25. The van der Waals surface area contributed by atoms with Crippen molar-refractivity contribution in [2.24, 2.45) is 0 Å². The van der Waals surface area contributed by atoms with Crippen molar-refractivity contribution in [3.63, 3.8) is 0 Å². The summed E-state index contributed by atoms with van der Waals surface area (Å²) in [6, 6.07) is 8.27. The molecule has 13 heavy (non-hydrogen) atoms. The first-order chi connectivity index (χ1) is 6.40. The van der Waals surface area contributed by atoms with Gasteiger partial charge < -0.3 is 9.31 Å². The monoisotopic (exact) mass is 194 g/mol. The minimum atomic E-state index is -0.125. The summed E-state index contributed by atoms with van der Waals surface area (Å²) in [5.74, 6) is 0. The Morgan fingerprint density at radius 1 is 1.54 bits per heavy atom. The fraction of sp³-hybridized carbons (Fsp3) is 0.333. The molecule has 0 saturated heterocycles. The summed E-state index contributed by atoms with van der Waals surface area (Å²) < 4.78 is 10.9. The van der Waals surface area contributed by atoms with Crippen LogP contribution in [0.25, 0.3) is 0 Å². The van der Waals surface area contributed by atoms with Crippen molar-refractivity contribution in [2.45, 2.75) is 18.4 Å². The zero-order valence-electron chi connectivity index (χ0n) is 7.53. The maximum absolute atomic E-state index is 5.49. The second kappa shape index (κ2) is 4.18. The molecule has 0 aliphatic carbocycles. The molecule has 0 unspecified atom stereocenters. The Balaban J connectivity index is 2.11. The number of hydrogen-bond acceptors (Lipinski definition) is 3. The van der Waals surface area contributed by atoms with E-state index in [0.717, 1.165) is 0 Å². The lowest BCUT2D eigenvalue weighted by Gasteiger charge is -2.20. The first-order valence-electron chi connectivity index (χ1n) is 4.38. The van der Waals surface area contributed by atoms with Crippen LogP contribution < -0.4 is 0 Å². The molecule has 0 spiro atoms. The van der Waals surface area contributed by atoms with Crippen LogP contribution >= 0.6 is 11.6 Å². The number of rotatable bonds is 2. The van der Waals surface area contributed by atoms with Crippen molar-refractivity contribution in [1.29, 1.82) is 0 Å². The fourth-order valence-electron chi connectivity index (χ4n) is 1.25. The van der Waals surface area contributed by atoms with E-state index in [2.05, 4.69) is 12.1 Å². The van der Waals surface area contributed by atoms with E-state index in [-0.39, 0.29) is 6.40 Å². The Morgan fingerprint density at radius 2 is 2.38 bits per heavy atom. The fourth-order valence-corrected chi connectivity index (χ4v) is 2.23. The molecule has 4 heteroatoms. The molecular weight excluding hydrogens is 183 g/mol. The van der Waals surface area contributed by atoms with Crippen molar-refractivity contribution in [3.8, 4) is 0 Å². The maximum atomic E-state index is 5.49. The summed E-state index contributed by atoms with van der Waals surface area (Å²) in [5, 5.41) is 0. The normalized spacial score (nSPS) is 15.6. The van der Waals surface area contributed by atoms with Crippen molar-refractivity contribution in [2.75, 3.05) is 6.61 Å². The first kappa shape index (κ1) is 9.12. The third-order valence-electron chi connectivity index (χ3n) is 1.87. The third kappa shape index (κ3) is 2.07. The molecule has 1 heterocycles. The number of fused-ring (bicyclic) bond motifs is 1. The van der Waals surface area contributed by atoms with Crippen LogP contribution in [0.15, 0.2) is 29.2 Å². The van der Waals surface area contributed by atoms with E-state index in [1.54, 1.807) is 11.6 Å². The van der Waals surface area contributed by atoms with Gasteiger partial charge in [-0.25, -0.2) is 0 Å². The van der Waals surface area contributed by atoms with Gasteiger partial charge in [-0.2, -0.15) is 0 Å². The smallest absolute Gasteiger partial charge is 0.402 e. The highest BCUT2D eigenvalue weighted by Crippen LogP contribution is 2.31. The van der Waals surface area contributed by atoms with Crippen molar-refractivity contribution in [3.05, 3.63) is 29.8 Å². The molecule has 0 atom stereocenters. The Kier molecular flexibility index (Phi) is 2.93. The Bertz CT molecular complexity index is 293. The summed E-state index contributed by atoms with van der Waals surface area (Å²) in [7, 11) is 0. The van der Waals surface area contributed by atoms with Gasteiger partial charge in [0.05, 0.1) is 6.61 Å². The molecule has 0 saturated carbocycles. The van der Waals surface area contributed by atoms with Crippen LogP contribution in [-0.2, 0) is 15.9 Å². The van der Waals surface area contributed by atoms with E-state index in [0.29, 0.717) is 13.2 Å². The molecule has 0 bridgehead atoms. The van der Waals surface area contributed by atoms with Gasteiger partial charge in [-0.3, -0.25) is 0 Å². The van der Waals surface area contributed by atoms with Gasteiger partial charge in [0, 0.05) is 11.5 Å². The van der Waals surface area contributed by atoms with E-state index in [1.807, 2.05) is 19.1 Å². The highest BCUT2D eigenvalue weighted by Gasteiger charge is 2.25. The molecular formula is C9H11BO2S. The van der Waals surface area contributed by atoms with Crippen LogP contribution in [0.5, 0.6) is 0 Å². The van der Waals surface area contributed by atoms with E-state index < -0.39 is 0 Å². The molecule has 1 aliphatic heterocycles. The predicted octanol–water partition coefficient (Wildman–Crippen LogP) is 2.33. The third-order valence-corrected chi connectivity index (χ3v) is 2.99. The molecule has 0 fully saturated rings. The molecule has 0 aromatic heterocycles. The molecule has 1 aromatic carbocycles. The van der Waals surface area contributed by atoms with Crippen LogP contribution in [0.4, 0.5) is 0 Å². The van der Waals surface area contributed by atoms with Crippen molar-refractivity contribution in [1.82, 2.24) is 0 Å². The summed E-state index contributed by atoms with van der Waals surface area (Å²) in [6.07, 6.45) is -0.125. The summed E-state index contributed by atoms with van der Waals surface area (Å²) in [6.45, 7) is 3.33. The van der Waals surface area contributed by atoms with Gasteiger partial charge in [0.25, 0.3) is 0 Å². The molecule has 0 amide bonds. The van der Waals surface area contributed by atoms with Gasteiger partial charge in [-0.1, -0.05) is 18.2 Å². The Hall–Kier alpha value is -0.445. The van der Waals surface area contributed by atoms with Crippen LogP contribution in [0, 0.1) is 0 Å². The predicted molar refractivity (Wildman–Crippen MR) is 54.5 cm³/mol. The number of hydrogen-bond donors (Lipinski definition) is 0. The molecule has 0 N–H and O–H groups in total. The van der Waals surface area contributed by atoms with Crippen LogP contribution in [0.1, 0.15) is 12.5 Å². The van der Waals surface area contributed by atoms with Gasteiger partial charge in [0.15, 0.2) is 0 Å². The Morgan fingerprint density at radius 3 is 3.23 bits per heavy atom. The first-order valence-corrected chi connectivity index (χ1v) is 5.26. The summed E-state index contributed by atoms with van der Waals surface area (Å²) in [4.78, 5) is 1.27. The van der Waals surface area contributed by atoms with E-state index in [9.17, 15) is 0 Å². The average molecular weight is 194 g/mol. The van der Waals surface area contributed by atoms with Crippen LogP contribution in [-0.4, -0.2) is 13.0 Å². The highest BCUT2D eigenvalue weighted by atomic mass is 32.2. The highest BCUT2D eigenvalue weighted by molar-refractivity contribution is 8.24. The lowest BCUT2D eigenvalue weighted by atomic mass is 10.2. The zero-order valence-corrected chi connectivity index (χ0v) is 8.34. The molecule has 1 aromatic rings. The van der Waals surface area contributed by atoms with E-state index in [4.69, 9.17) is 9.31 Å². The van der Waals surface area contributed by atoms with E-state index >= 15 is 0 Å². The zero-order chi connectivity index (χ0) is 9.10. The maximum Gasteiger partial charge on any atom is 0.536 e. The SMILES string of the molecule is CCOB1OCc2ccccc2S1. The Labute approximate surface area is 82.7 Å². The topological polar surface area (TPSA) is 18.5 Å². The standard InChI is InChI=1S/C9H11BO2S/c1-2-11-10-12-7-8-5-3-4-6-9(8)13-10/h3-6H,2,7H2,1H3. The van der Waals surface area contributed by atoms with Gasteiger partial charge in [-0.05, 0) is 18.6 Å². The van der Waals surface area contributed by atoms with Crippen LogP contribution in [0.3, 0.4) is 0 Å². The number of benzene rings is 1. The minimum Gasteiger partial charge on any atom is -0.402 e. The lowest BCUT2D eigenvalue weighted by Crippen LogP contribution is -2.22. The second-order valence-electron chi connectivity index (χ2n) is 2.78. The summed E-state index contributed by atoms with van der Waals surface area (Å²) >= 11 is 1.64. The quantitative estimate of drug-likeness (QED) is 0.673. The molecule has 0 radical (unpaired) electrons. The van der Waals surface area contributed by atoms with Gasteiger partial charge in [0.1, 0.15) is 0 Å². The lowest BCUT2D eigenvalue weighted by molar-refractivity contribution is 0.211. The molecule has 2 rings (SSSR count). The largest absolute Gasteiger partial charge is 0.536 e. The molecule has 68 valence electrons. The van der Waals surface area contributed by atoms with Crippen LogP contribution in [0.2, 0.25) is 0 Å². The average Bonchev–Trinajstić information content (AvgIpc) is 2.18. The van der Waals surface area contributed by atoms with Gasteiger partial charge in [-0.15, -0.1) is 11.6 Å². The second-order valence-corrected chi connectivity index (χ2v) is 3.84. The van der Waals surface area contributed by atoms with Gasteiger partial charge >= 0.3 is 6.40 Å². The van der Waals surface area contributed by atoms with Crippen molar-refractivity contribution < 1.29 is 9.31 Å². The molecule has 2 nitrogen and oxygen atoms in total. The molecule has 1 aliphatic rings. The van der Waals surface area contributed by atoms with Gasteiger partial charge in [0.2, 0.25) is 0 Å².